The van der Waals surface area contributed by atoms with E-state index in [2.05, 4.69) is 20.6 Å². The first-order valence-electron chi connectivity index (χ1n) is 10.9. The molecule has 0 saturated carbocycles. The number of nitriles is 1. The number of halogens is 1. The van der Waals surface area contributed by atoms with Crippen molar-refractivity contribution < 1.29 is 9.53 Å². The fraction of sp³-hybridized carbons (Fsp3) is 0.160. The molecule has 0 aliphatic heterocycles. The lowest BCUT2D eigenvalue weighted by Crippen LogP contribution is -2.21. The summed E-state index contributed by atoms with van der Waals surface area (Å²) >= 11 is 6.38. The lowest BCUT2D eigenvalue weighted by atomic mass is 9.92. The third-order valence-electron chi connectivity index (χ3n) is 5.08. The number of carbonyl (C=O) groups is 1. The molecule has 4 rings (SSSR count). The number of amides is 2. The van der Waals surface area contributed by atoms with E-state index >= 15 is 0 Å². The molecule has 4 N–H and O–H groups in total. The quantitative estimate of drug-likeness (QED) is 0.326. The second-order valence-electron chi connectivity index (χ2n) is 8.79. The van der Waals surface area contributed by atoms with Crippen LogP contribution < -0.4 is 21.1 Å². The number of nitrogens with zero attached hydrogens (tertiary/aromatic N) is 5. The minimum absolute atomic E-state index is 0.00310. The number of carbonyl (C=O) groups excluding carboxylic acids is 1. The number of anilines is 3. The van der Waals surface area contributed by atoms with E-state index in [1.807, 2.05) is 63.2 Å². The summed E-state index contributed by atoms with van der Waals surface area (Å²) in [6.45, 7) is 6.15. The molecule has 2 heterocycles. The smallest absolute Gasteiger partial charge is 0.324 e. The molecule has 0 radical (unpaired) electrons. The average Bonchev–Trinajstić information content (AvgIpc) is 3.26. The van der Waals surface area contributed by atoms with Gasteiger partial charge in [0.15, 0.2) is 5.56 Å². The van der Waals surface area contributed by atoms with Gasteiger partial charge in [0.2, 0.25) is 5.88 Å². The van der Waals surface area contributed by atoms with E-state index in [9.17, 15) is 10.1 Å². The van der Waals surface area contributed by atoms with E-state index in [-0.39, 0.29) is 27.7 Å². The van der Waals surface area contributed by atoms with Gasteiger partial charge in [-0.25, -0.2) is 19.4 Å². The summed E-state index contributed by atoms with van der Waals surface area (Å²) in [5, 5.41) is 19.7. The minimum atomic E-state index is -0.501. The van der Waals surface area contributed by atoms with Crippen LogP contribution in [0.1, 0.15) is 32.0 Å². The zero-order valence-corrected chi connectivity index (χ0v) is 20.5. The zero-order chi connectivity index (χ0) is 25.9. The van der Waals surface area contributed by atoms with Crippen molar-refractivity contribution in [1.82, 2.24) is 19.7 Å². The summed E-state index contributed by atoms with van der Waals surface area (Å²) in [5.74, 6) is 0.818. The van der Waals surface area contributed by atoms with Gasteiger partial charge in [0.1, 0.15) is 29.8 Å². The molecular formula is C25H23ClN8O2. The number of ether oxygens (including phenoxy) is 1. The van der Waals surface area contributed by atoms with Crippen LogP contribution in [-0.2, 0) is 5.41 Å². The number of hydrogen-bond acceptors (Lipinski definition) is 7. The van der Waals surface area contributed by atoms with E-state index in [0.717, 1.165) is 11.4 Å². The Labute approximate surface area is 212 Å². The van der Waals surface area contributed by atoms with E-state index in [1.54, 1.807) is 16.8 Å². The predicted octanol–water partition coefficient (Wildman–Crippen LogP) is 5.50. The molecule has 0 aliphatic rings. The van der Waals surface area contributed by atoms with E-state index in [1.165, 1.54) is 12.4 Å². The molecular weight excluding hydrogens is 480 g/mol. The molecule has 0 bridgehead atoms. The van der Waals surface area contributed by atoms with Crippen LogP contribution in [0, 0.1) is 11.3 Å². The Morgan fingerprint density at radius 3 is 2.53 bits per heavy atom. The van der Waals surface area contributed by atoms with Crippen LogP contribution in [0.3, 0.4) is 0 Å². The second kappa shape index (κ2) is 9.93. The van der Waals surface area contributed by atoms with Gasteiger partial charge in [-0.3, -0.25) is 5.32 Å². The van der Waals surface area contributed by atoms with Gasteiger partial charge in [-0.05, 0) is 24.3 Å². The second-order valence-corrected chi connectivity index (χ2v) is 9.19. The summed E-state index contributed by atoms with van der Waals surface area (Å²) < 4.78 is 7.32. The first-order valence-corrected chi connectivity index (χ1v) is 11.3. The number of nitrogens with two attached hydrogens (primary N) is 1. The molecule has 4 aromatic rings. The predicted molar refractivity (Wildman–Crippen MR) is 138 cm³/mol. The van der Waals surface area contributed by atoms with Crippen molar-refractivity contribution in [1.29, 1.82) is 5.26 Å². The van der Waals surface area contributed by atoms with Crippen LogP contribution >= 0.6 is 11.6 Å². The molecule has 36 heavy (non-hydrogen) atoms. The summed E-state index contributed by atoms with van der Waals surface area (Å²) in [5.41, 5.74) is 7.47. The Morgan fingerprint density at radius 2 is 1.86 bits per heavy atom. The van der Waals surface area contributed by atoms with Crippen LogP contribution in [-0.4, -0.2) is 25.8 Å². The maximum absolute atomic E-state index is 12.9. The van der Waals surface area contributed by atoms with Crippen LogP contribution in [0.15, 0.2) is 60.9 Å². The van der Waals surface area contributed by atoms with Gasteiger partial charge < -0.3 is 15.8 Å². The van der Waals surface area contributed by atoms with Gasteiger partial charge in [-0.15, -0.1) is 0 Å². The molecule has 2 aromatic carbocycles. The molecule has 2 aromatic heterocycles. The highest BCUT2D eigenvalue weighted by molar-refractivity contribution is 6.34. The Balaban J connectivity index is 1.52. The number of aromatic nitrogens is 4. The first kappa shape index (κ1) is 24.5. The number of para-hydroxylation sites is 1. The van der Waals surface area contributed by atoms with E-state index in [4.69, 9.17) is 27.2 Å². The lowest BCUT2D eigenvalue weighted by Gasteiger charge is -2.14. The number of hydrogen-bond donors (Lipinski definition) is 3. The Morgan fingerprint density at radius 1 is 1.11 bits per heavy atom. The Bertz CT molecular complexity index is 1460. The Kier molecular flexibility index (Phi) is 6.76. The molecule has 0 fully saturated rings. The molecule has 2 amide bonds. The fourth-order valence-corrected chi connectivity index (χ4v) is 3.43. The summed E-state index contributed by atoms with van der Waals surface area (Å²) in [7, 11) is 0. The number of urea groups is 1. The van der Waals surface area contributed by atoms with Crippen molar-refractivity contribution in [3.8, 4) is 23.4 Å². The van der Waals surface area contributed by atoms with Crippen molar-refractivity contribution in [3.05, 3.63) is 77.2 Å². The topological polar surface area (TPSA) is 144 Å². The van der Waals surface area contributed by atoms with Crippen molar-refractivity contribution >= 4 is 35.0 Å². The van der Waals surface area contributed by atoms with Crippen LogP contribution in [0.25, 0.3) is 5.69 Å². The van der Waals surface area contributed by atoms with Crippen molar-refractivity contribution in [2.24, 2.45) is 0 Å². The van der Waals surface area contributed by atoms with Crippen molar-refractivity contribution in [2.45, 2.75) is 26.2 Å². The van der Waals surface area contributed by atoms with Crippen molar-refractivity contribution in [3.63, 3.8) is 0 Å². The van der Waals surface area contributed by atoms with Gasteiger partial charge >= 0.3 is 6.03 Å². The number of benzene rings is 2. The van der Waals surface area contributed by atoms with Crippen LogP contribution in [0.5, 0.6) is 11.6 Å². The van der Waals surface area contributed by atoms with Gasteiger partial charge in [-0.1, -0.05) is 50.6 Å². The van der Waals surface area contributed by atoms with Gasteiger partial charge in [0, 0.05) is 17.5 Å². The molecule has 0 atom stereocenters. The first-order chi connectivity index (χ1) is 17.2. The molecule has 11 heteroatoms. The van der Waals surface area contributed by atoms with Crippen LogP contribution in [0.4, 0.5) is 22.1 Å². The standard InChI is InChI=1S/C25H23ClN8O2/c1-25(2,3)20-12-21(34(33-20)15-7-5-4-6-8-15)32-24(35)31-19-10-9-16(11-18(19)26)36-23-17(13-27)22(28)29-14-30-23/h4-12,14H,1-3H3,(H2,28,29,30)(H2,31,32,35). The molecule has 182 valence electrons. The molecule has 0 saturated heterocycles. The van der Waals surface area contributed by atoms with Gasteiger partial charge in [-0.2, -0.15) is 10.4 Å². The number of rotatable bonds is 5. The molecule has 10 nitrogen and oxygen atoms in total. The maximum Gasteiger partial charge on any atom is 0.324 e. The number of nitrogens with one attached hydrogen (secondary N) is 2. The summed E-state index contributed by atoms with van der Waals surface area (Å²) in [6, 6.07) is 17.4. The SMILES string of the molecule is CC(C)(C)c1cc(NC(=O)Nc2ccc(Oc3ncnc(N)c3C#N)cc2Cl)n(-c2ccccc2)n1. The third-order valence-corrected chi connectivity index (χ3v) is 5.39. The molecule has 0 spiro atoms. The monoisotopic (exact) mass is 502 g/mol. The molecule has 0 unspecified atom stereocenters. The summed E-state index contributed by atoms with van der Waals surface area (Å²) in [4.78, 5) is 20.6. The highest BCUT2D eigenvalue weighted by Gasteiger charge is 2.22. The van der Waals surface area contributed by atoms with Crippen molar-refractivity contribution in [2.75, 3.05) is 16.4 Å². The Hall–Kier alpha value is -4.62. The third kappa shape index (κ3) is 5.37. The van der Waals surface area contributed by atoms with Gasteiger partial charge in [0.05, 0.1) is 22.1 Å². The lowest BCUT2D eigenvalue weighted by molar-refractivity contribution is 0.262. The zero-order valence-electron chi connectivity index (χ0n) is 19.8. The number of nitrogen functional groups attached to an aromatic ring is 1. The highest BCUT2D eigenvalue weighted by Crippen LogP contribution is 2.31. The molecule has 0 aliphatic carbocycles. The maximum atomic E-state index is 12.9. The average molecular weight is 503 g/mol. The summed E-state index contributed by atoms with van der Waals surface area (Å²) in [6.07, 6.45) is 1.19. The minimum Gasteiger partial charge on any atom is -0.437 e. The normalized spacial score (nSPS) is 11.0. The van der Waals surface area contributed by atoms with E-state index in [0.29, 0.717) is 17.3 Å². The highest BCUT2D eigenvalue weighted by atomic mass is 35.5. The fourth-order valence-electron chi connectivity index (χ4n) is 3.21. The largest absolute Gasteiger partial charge is 0.437 e. The van der Waals surface area contributed by atoms with Crippen LogP contribution in [0.2, 0.25) is 5.02 Å². The van der Waals surface area contributed by atoms with Gasteiger partial charge in [0.25, 0.3) is 0 Å². The van der Waals surface area contributed by atoms with E-state index < -0.39 is 6.03 Å².